The van der Waals surface area contributed by atoms with Crippen molar-refractivity contribution in [2.75, 3.05) is 25.1 Å². The van der Waals surface area contributed by atoms with Crippen molar-refractivity contribution in [1.29, 1.82) is 0 Å². The maximum absolute atomic E-state index is 12.3. The predicted molar refractivity (Wildman–Crippen MR) is 104 cm³/mol. The Hall–Kier alpha value is -2.95. The molecule has 0 heterocycles. The molecule has 138 valence electrons. The van der Waals surface area contributed by atoms with Gasteiger partial charge < -0.3 is 19.5 Å². The largest absolute Gasteiger partial charge is 0.494 e. The van der Waals surface area contributed by atoms with Crippen molar-refractivity contribution in [2.24, 2.45) is 0 Å². The van der Waals surface area contributed by atoms with Crippen molar-refractivity contribution in [3.05, 3.63) is 54.1 Å². The summed E-state index contributed by atoms with van der Waals surface area (Å²) in [5.74, 6) is 1.77. The Kier molecular flexibility index (Phi) is 7.55. The second kappa shape index (κ2) is 10.1. The molecule has 0 aliphatic carbocycles. The lowest BCUT2D eigenvalue weighted by atomic mass is 10.2. The van der Waals surface area contributed by atoms with Crippen LogP contribution in [0.2, 0.25) is 0 Å². The van der Waals surface area contributed by atoms with Gasteiger partial charge in [-0.3, -0.25) is 4.79 Å². The fourth-order valence-electron chi connectivity index (χ4n) is 2.39. The van der Waals surface area contributed by atoms with Gasteiger partial charge in [0, 0.05) is 17.7 Å². The molecule has 0 atom stereocenters. The molecule has 0 saturated heterocycles. The molecule has 2 aromatic carbocycles. The van der Waals surface area contributed by atoms with Crippen LogP contribution in [0.1, 0.15) is 26.3 Å². The van der Waals surface area contributed by atoms with E-state index in [1.54, 1.807) is 18.2 Å². The maximum Gasteiger partial charge on any atom is 0.248 e. The van der Waals surface area contributed by atoms with E-state index in [4.69, 9.17) is 14.2 Å². The van der Waals surface area contributed by atoms with E-state index in [0.717, 1.165) is 11.3 Å². The first kappa shape index (κ1) is 19.4. The molecular formula is C21H25NO4. The number of ether oxygens (including phenoxy) is 3. The number of carbonyl (C=O) groups excluding carboxylic acids is 1. The van der Waals surface area contributed by atoms with Crippen LogP contribution in [0.25, 0.3) is 6.08 Å². The van der Waals surface area contributed by atoms with E-state index < -0.39 is 0 Å². The first-order chi connectivity index (χ1) is 12.7. The Morgan fingerprint density at radius 1 is 0.923 bits per heavy atom. The lowest BCUT2D eigenvalue weighted by Gasteiger charge is -2.12. The van der Waals surface area contributed by atoms with Crippen molar-refractivity contribution in [3.63, 3.8) is 0 Å². The number of anilines is 1. The summed E-state index contributed by atoms with van der Waals surface area (Å²) in [4.78, 5) is 12.3. The van der Waals surface area contributed by atoms with E-state index in [0.29, 0.717) is 37.0 Å². The summed E-state index contributed by atoms with van der Waals surface area (Å²) in [6.45, 7) is 7.36. The maximum atomic E-state index is 12.3. The van der Waals surface area contributed by atoms with E-state index in [-0.39, 0.29) is 5.91 Å². The van der Waals surface area contributed by atoms with E-state index in [9.17, 15) is 4.79 Å². The van der Waals surface area contributed by atoms with Crippen molar-refractivity contribution in [2.45, 2.75) is 20.8 Å². The summed E-state index contributed by atoms with van der Waals surface area (Å²) in [5, 5.41) is 2.84. The van der Waals surface area contributed by atoms with Gasteiger partial charge in [0.2, 0.25) is 5.91 Å². The van der Waals surface area contributed by atoms with Crippen LogP contribution in [0.15, 0.2) is 48.5 Å². The predicted octanol–water partition coefficient (Wildman–Crippen LogP) is 4.53. The summed E-state index contributed by atoms with van der Waals surface area (Å²) in [5.41, 5.74) is 1.42. The van der Waals surface area contributed by atoms with Gasteiger partial charge in [0.1, 0.15) is 17.2 Å². The zero-order valence-corrected chi connectivity index (χ0v) is 15.5. The van der Waals surface area contributed by atoms with E-state index >= 15 is 0 Å². The van der Waals surface area contributed by atoms with Crippen LogP contribution in [0.4, 0.5) is 5.69 Å². The van der Waals surface area contributed by atoms with E-state index in [2.05, 4.69) is 5.32 Å². The van der Waals surface area contributed by atoms with E-state index in [1.165, 1.54) is 6.08 Å². The highest BCUT2D eigenvalue weighted by Gasteiger charge is 2.08. The molecule has 0 saturated carbocycles. The van der Waals surface area contributed by atoms with Crippen LogP contribution in [-0.2, 0) is 4.79 Å². The van der Waals surface area contributed by atoms with Gasteiger partial charge in [-0.1, -0.05) is 18.2 Å². The number of nitrogens with one attached hydrogen (secondary N) is 1. The molecule has 1 amide bonds. The average molecular weight is 355 g/mol. The molecular weight excluding hydrogens is 330 g/mol. The Bertz CT molecular complexity index is 755. The molecule has 5 nitrogen and oxygen atoms in total. The lowest BCUT2D eigenvalue weighted by Crippen LogP contribution is -2.10. The van der Waals surface area contributed by atoms with Gasteiger partial charge in [-0.15, -0.1) is 0 Å². The summed E-state index contributed by atoms with van der Waals surface area (Å²) < 4.78 is 16.6. The minimum Gasteiger partial charge on any atom is -0.494 e. The van der Waals surface area contributed by atoms with Crippen LogP contribution < -0.4 is 19.5 Å². The highest BCUT2D eigenvalue weighted by atomic mass is 16.5. The number of carbonyl (C=O) groups is 1. The standard InChI is InChI=1S/C21H25NO4/c1-4-24-17-12-13-20(26-6-3)18(15-17)22-21(23)14-11-16-9-7-8-10-19(16)25-5-2/h7-15H,4-6H2,1-3H3,(H,22,23)/b14-11+. The highest BCUT2D eigenvalue weighted by molar-refractivity contribution is 6.03. The molecule has 2 rings (SSSR count). The van der Waals surface area contributed by atoms with Crippen LogP contribution in [0.3, 0.4) is 0 Å². The minimum atomic E-state index is -0.258. The third kappa shape index (κ3) is 5.55. The fraction of sp³-hybridized carbons (Fsp3) is 0.286. The van der Waals surface area contributed by atoms with Gasteiger partial charge in [0.15, 0.2) is 0 Å². The summed E-state index contributed by atoms with van der Waals surface area (Å²) in [7, 11) is 0. The van der Waals surface area contributed by atoms with Crippen LogP contribution in [0, 0.1) is 0 Å². The monoisotopic (exact) mass is 355 g/mol. The number of hydrogen-bond donors (Lipinski definition) is 1. The molecule has 0 spiro atoms. The van der Waals surface area contributed by atoms with Crippen molar-refractivity contribution < 1.29 is 19.0 Å². The van der Waals surface area contributed by atoms with Crippen molar-refractivity contribution in [3.8, 4) is 17.2 Å². The first-order valence-electron chi connectivity index (χ1n) is 8.78. The molecule has 0 bridgehead atoms. The third-order valence-corrected chi connectivity index (χ3v) is 3.45. The fourth-order valence-corrected chi connectivity index (χ4v) is 2.39. The third-order valence-electron chi connectivity index (χ3n) is 3.45. The van der Waals surface area contributed by atoms with Crippen molar-refractivity contribution in [1.82, 2.24) is 0 Å². The number of benzene rings is 2. The van der Waals surface area contributed by atoms with Gasteiger partial charge in [-0.2, -0.15) is 0 Å². The Labute approximate surface area is 154 Å². The lowest BCUT2D eigenvalue weighted by molar-refractivity contribution is -0.111. The van der Waals surface area contributed by atoms with Gasteiger partial charge in [0.25, 0.3) is 0 Å². The first-order valence-corrected chi connectivity index (χ1v) is 8.78. The van der Waals surface area contributed by atoms with Crippen LogP contribution in [-0.4, -0.2) is 25.7 Å². The number of amides is 1. The summed E-state index contributed by atoms with van der Waals surface area (Å²) in [6, 6.07) is 12.9. The zero-order chi connectivity index (χ0) is 18.8. The molecule has 2 aromatic rings. The molecule has 0 fully saturated rings. The van der Waals surface area contributed by atoms with Gasteiger partial charge in [0.05, 0.1) is 25.5 Å². The molecule has 0 aromatic heterocycles. The Morgan fingerprint density at radius 2 is 1.62 bits per heavy atom. The van der Waals surface area contributed by atoms with Gasteiger partial charge in [-0.05, 0) is 45.0 Å². The number of hydrogen-bond acceptors (Lipinski definition) is 4. The average Bonchev–Trinajstić information content (AvgIpc) is 2.64. The normalized spacial score (nSPS) is 10.6. The molecule has 0 radical (unpaired) electrons. The molecule has 0 aliphatic rings. The number of rotatable bonds is 9. The molecule has 0 unspecified atom stereocenters. The van der Waals surface area contributed by atoms with Crippen molar-refractivity contribution >= 4 is 17.7 Å². The second-order valence-electron chi connectivity index (χ2n) is 5.32. The van der Waals surface area contributed by atoms with Gasteiger partial charge in [-0.25, -0.2) is 0 Å². The molecule has 0 aliphatic heterocycles. The second-order valence-corrected chi connectivity index (χ2v) is 5.32. The molecule has 5 heteroatoms. The Balaban J connectivity index is 2.15. The topological polar surface area (TPSA) is 56.8 Å². The molecule has 1 N–H and O–H groups in total. The summed E-state index contributed by atoms with van der Waals surface area (Å²) in [6.07, 6.45) is 3.20. The zero-order valence-electron chi connectivity index (χ0n) is 15.5. The van der Waals surface area contributed by atoms with Crippen LogP contribution in [0.5, 0.6) is 17.2 Å². The van der Waals surface area contributed by atoms with Crippen LogP contribution >= 0.6 is 0 Å². The number of para-hydroxylation sites is 1. The van der Waals surface area contributed by atoms with E-state index in [1.807, 2.05) is 51.1 Å². The smallest absolute Gasteiger partial charge is 0.248 e. The minimum absolute atomic E-state index is 0.258. The quantitative estimate of drug-likeness (QED) is 0.671. The summed E-state index contributed by atoms with van der Waals surface area (Å²) >= 11 is 0. The Morgan fingerprint density at radius 3 is 2.35 bits per heavy atom. The SMILES string of the molecule is CCOc1ccc(OCC)c(NC(=O)/C=C/c2ccccc2OCC)c1. The highest BCUT2D eigenvalue weighted by Crippen LogP contribution is 2.29. The van der Waals surface area contributed by atoms with Gasteiger partial charge >= 0.3 is 0 Å². The molecule has 26 heavy (non-hydrogen) atoms.